The molecule has 2 rings (SSSR count). The SMILES string of the molecule is CCC(F)(F)c1cnc(NC(C)=O)cc1NCc1ccc(OC)cc1. The zero-order valence-electron chi connectivity index (χ0n) is 14.4. The summed E-state index contributed by atoms with van der Waals surface area (Å²) in [6.45, 7) is 3.09. The minimum absolute atomic E-state index is 0.197. The zero-order valence-corrected chi connectivity index (χ0v) is 14.4. The van der Waals surface area contributed by atoms with Gasteiger partial charge in [0.2, 0.25) is 5.91 Å². The van der Waals surface area contributed by atoms with E-state index in [9.17, 15) is 13.6 Å². The van der Waals surface area contributed by atoms with Gasteiger partial charge in [0.1, 0.15) is 11.6 Å². The standard InChI is InChI=1S/C18H21F2N3O2/c1-4-18(19,20)15-11-22-17(23-12(2)24)9-16(15)21-10-13-5-7-14(25-3)8-6-13/h5-9,11H,4,10H2,1-3H3,(H2,21,22,23,24). The van der Waals surface area contributed by atoms with Crippen LogP contribution in [0.15, 0.2) is 36.5 Å². The van der Waals surface area contributed by atoms with E-state index in [1.165, 1.54) is 19.9 Å². The minimum Gasteiger partial charge on any atom is -0.497 e. The molecule has 7 heteroatoms. The van der Waals surface area contributed by atoms with E-state index in [0.29, 0.717) is 6.54 Å². The molecule has 5 nitrogen and oxygen atoms in total. The number of rotatable bonds is 7. The Labute approximate surface area is 145 Å². The first-order valence-corrected chi connectivity index (χ1v) is 7.88. The predicted molar refractivity (Wildman–Crippen MR) is 93.0 cm³/mol. The van der Waals surface area contributed by atoms with Crippen LogP contribution in [0.4, 0.5) is 20.3 Å². The molecule has 0 radical (unpaired) electrons. The van der Waals surface area contributed by atoms with Crippen molar-refractivity contribution >= 4 is 17.4 Å². The Hall–Kier alpha value is -2.70. The fraction of sp³-hybridized carbons (Fsp3) is 0.333. The number of nitrogens with one attached hydrogen (secondary N) is 2. The van der Waals surface area contributed by atoms with Gasteiger partial charge in [-0.15, -0.1) is 0 Å². The monoisotopic (exact) mass is 349 g/mol. The molecule has 1 amide bonds. The fourth-order valence-electron chi connectivity index (χ4n) is 2.27. The summed E-state index contributed by atoms with van der Waals surface area (Å²) in [7, 11) is 1.58. The van der Waals surface area contributed by atoms with Crippen LogP contribution < -0.4 is 15.4 Å². The second kappa shape index (κ2) is 7.92. The highest BCUT2D eigenvalue weighted by Gasteiger charge is 2.32. The van der Waals surface area contributed by atoms with Crippen LogP contribution >= 0.6 is 0 Å². The van der Waals surface area contributed by atoms with E-state index >= 15 is 0 Å². The van der Waals surface area contributed by atoms with Crippen LogP contribution in [0.25, 0.3) is 0 Å². The number of halogens is 2. The largest absolute Gasteiger partial charge is 0.497 e. The lowest BCUT2D eigenvalue weighted by molar-refractivity contribution is -0.114. The molecule has 0 saturated carbocycles. The molecule has 25 heavy (non-hydrogen) atoms. The lowest BCUT2D eigenvalue weighted by Crippen LogP contribution is -2.17. The first-order valence-electron chi connectivity index (χ1n) is 7.88. The van der Waals surface area contributed by atoms with Crippen molar-refractivity contribution in [2.24, 2.45) is 0 Å². The van der Waals surface area contributed by atoms with Crippen molar-refractivity contribution in [3.05, 3.63) is 47.7 Å². The predicted octanol–water partition coefficient (Wildman–Crippen LogP) is 4.16. The van der Waals surface area contributed by atoms with Crippen LogP contribution in [-0.4, -0.2) is 18.0 Å². The first kappa shape index (κ1) is 18.6. The number of pyridine rings is 1. The number of anilines is 2. The van der Waals surface area contributed by atoms with Gasteiger partial charge in [0, 0.05) is 37.8 Å². The topological polar surface area (TPSA) is 63.2 Å². The second-order valence-corrected chi connectivity index (χ2v) is 5.56. The average Bonchev–Trinajstić information content (AvgIpc) is 2.59. The molecule has 0 fully saturated rings. The van der Waals surface area contributed by atoms with Crippen molar-refractivity contribution < 1.29 is 18.3 Å². The highest BCUT2D eigenvalue weighted by atomic mass is 19.3. The quantitative estimate of drug-likeness (QED) is 0.788. The molecular weight excluding hydrogens is 328 g/mol. The van der Waals surface area contributed by atoms with Gasteiger partial charge in [0.25, 0.3) is 5.92 Å². The maximum Gasteiger partial charge on any atom is 0.276 e. The molecule has 2 aromatic rings. The van der Waals surface area contributed by atoms with Crippen LogP contribution in [-0.2, 0) is 17.3 Å². The van der Waals surface area contributed by atoms with Crippen LogP contribution in [0.1, 0.15) is 31.4 Å². The fourth-order valence-corrected chi connectivity index (χ4v) is 2.27. The van der Waals surface area contributed by atoms with Gasteiger partial charge in [0.05, 0.1) is 12.7 Å². The molecule has 0 saturated heterocycles. The zero-order chi connectivity index (χ0) is 18.4. The molecule has 0 bridgehead atoms. The van der Waals surface area contributed by atoms with Gasteiger partial charge in [-0.3, -0.25) is 4.79 Å². The van der Waals surface area contributed by atoms with E-state index in [1.54, 1.807) is 19.2 Å². The number of ether oxygens (including phenoxy) is 1. The third-order valence-corrected chi connectivity index (χ3v) is 3.69. The van der Waals surface area contributed by atoms with Crippen molar-refractivity contribution in [3.8, 4) is 5.75 Å². The number of aromatic nitrogens is 1. The number of benzene rings is 1. The molecule has 1 aromatic carbocycles. The molecule has 0 atom stereocenters. The minimum atomic E-state index is -3.01. The summed E-state index contributed by atoms with van der Waals surface area (Å²) < 4.78 is 33.5. The number of nitrogens with zero attached hydrogens (tertiary/aromatic N) is 1. The van der Waals surface area contributed by atoms with E-state index in [-0.39, 0.29) is 29.4 Å². The van der Waals surface area contributed by atoms with Gasteiger partial charge >= 0.3 is 0 Å². The molecule has 1 heterocycles. The van der Waals surface area contributed by atoms with Crippen molar-refractivity contribution in [2.75, 3.05) is 17.7 Å². The average molecular weight is 349 g/mol. The number of alkyl halides is 2. The van der Waals surface area contributed by atoms with Crippen molar-refractivity contribution in [3.63, 3.8) is 0 Å². The summed E-state index contributed by atoms with van der Waals surface area (Å²) in [5.41, 5.74) is 0.948. The molecule has 0 aliphatic heterocycles. The number of hydrogen-bond donors (Lipinski definition) is 2. The highest BCUT2D eigenvalue weighted by Crippen LogP contribution is 2.37. The maximum absolute atomic E-state index is 14.2. The van der Waals surface area contributed by atoms with E-state index in [2.05, 4.69) is 15.6 Å². The number of amides is 1. The Balaban J connectivity index is 2.26. The third-order valence-electron chi connectivity index (χ3n) is 3.69. The van der Waals surface area contributed by atoms with Gasteiger partial charge in [-0.05, 0) is 17.7 Å². The molecule has 0 aliphatic rings. The molecule has 0 spiro atoms. The van der Waals surface area contributed by atoms with Gasteiger partial charge in [-0.1, -0.05) is 19.1 Å². The Kier molecular flexibility index (Phi) is 5.90. The summed E-state index contributed by atoms with van der Waals surface area (Å²) in [5.74, 6) is -2.38. The third kappa shape index (κ3) is 4.89. The summed E-state index contributed by atoms with van der Waals surface area (Å²) >= 11 is 0. The number of hydrogen-bond acceptors (Lipinski definition) is 4. The number of methoxy groups -OCH3 is 1. The summed E-state index contributed by atoms with van der Waals surface area (Å²) in [6, 6.07) is 8.71. The van der Waals surface area contributed by atoms with Crippen molar-refractivity contribution in [1.29, 1.82) is 0 Å². The molecule has 2 N–H and O–H groups in total. The van der Waals surface area contributed by atoms with Crippen molar-refractivity contribution in [2.45, 2.75) is 32.7 Å². The molecule has 0 unspecified atom stereocenters. The van der Waals surface area contributed by atoms with Gasteiger partial charge in [0.15, 0.2) is 0 Å². The van der Waals surface area contributed by atoms with E-state index in [4.69, 9.17) is 4.74 Å². The van der Waals surface area contributed by atoms with Crippen LogP contribution in [0.2, 0.25) is 0 Å². The summed E-state index contributed by atoms with van der Waals surface area (Å²) in [6.07, 6.45) is 0.760. The Morgan fingerprint density at radius 1 is 1.28 bits per heavy atom. The van der Waals surface area contributed by atoms with Gasteiger partial charge < -0.3 is 15.4 Å². The van der Waals surface area contributed by atoms with E-state index in [1.807, 2.05) is 12.1 Å². The second-order valence-electron chi connectivity index (χ2n) is 5.56. The Morgan fingerprint density at radius 3 is 2.52 bits per heavy atom. The molecule has 134 valence electrons. The van der Waals surface area contributed by atoms with Crippen LogP contribution in [0.5, 0.6) is 5.75 Å². The van der Waals surface area contributed by atoms with Gasteiger partial charge in [-0.2, -0.15) is 0 Å². The summed E-state index contributed by atoms with van der Waals surface area (Å²) in [4.78, 5) is 15.1. The highest BCUT2D eigenvalue weighted by molar-refractivity contribution is 5.88. The van der Waals surface area contributed by atoms with Crippen LogP contribution in [0.3, 0.4) is 0 Å². The van der Waals surface area contributed by atoms with Gasteiger partial charge in [-0.25, -0.2) is 13.8 Å². The normalized spacial score (nSPS) is 11.1. The first-order chi connectivity index (χ1) is 11.9. The van der Waals surface area contributed by atoms with Crippen LogP contribution in [0, 0.1) is 0 Å². The molecule has 1 aromatic heterocycles. The Morgan fingerprint density at radius 2 is 1.96 bits per heavy atom. The number of carbonyl (C=O) groups is 1. The summed E-state index contributed by atoms with van der Waals surface area (Å²) in [5, 5.41) is 5.51. The lowest BCUT2D eigenvalue weighted by Gasteiger charge is -2.20. The molecule has 0 aliphatic carbocycles. The van der Waals surface area contributed by atoms with E-state index < -0.39 is 5.92 Å². The number of carbonyl (C=O) groups excluding carboxylic acids is 1. The lowest BCUT2D eigenvalue weighted by atomic mass is 10.1. The van der Waals surface area contributed by atoms with Crippen molar-refractivity contribution in [1.82, 2.24) is 4.98 Å². The smallest absolute Gasteiger partial charge is 0.276 e. The Bertz CT molecular complexity index is 734. The van der Waals surface area contributed by atoms with E-state index in [0.717, 1.165) is 17.5 Å². The molecular formula is C18H21F2N3O2. The maximum atomic E-state index is 14.2.